The highest BCUT2D eigenvalue weighted by Crippen LogP contribution is 2.22. The number of sulfonamides is 1. The van der Waals surface area contributed by atoms with E-state index in [1.807, 2.05) is 13.0 Å². The highest BCUT2D eigenvalue weighted by Gasteiger charge is 2.13. The van der Waals surface area contributed by atoms with Gasteiger partial charge in [0.1, 0.15) is 5.75 Å². The molecule has 0 aliphatic heterocycles. The fourth-order valence-electron chi connectivity index (χ4n) is 2.40. The minimum Gasteiger partial charge on any atom is -0.493 e. The molecule has 0 saturated heterocycles. The van der Waals surface area contributed by atoms with Crippen LogP contribution in [0.5, 0.6) is 5.75 Å². The summed E-state index contributed by atoms with van der Waals surface area (Å²) in [5.74, 6) is 0.497. The van der Waals surface area contributed by atoms with E-state index in [-0.39, 0.29) is 17.2 Å². The predicted molar refractivity (Wildman–Crippen MR) is 102 cm³/mol. The highest BCUT2D eigenvalue weighted by molar-refractivity contribution is 7.89. The Morgan fingerprint density at radius 3 is 2.54 bits per heavy atom. The van der Waals surface area contributed by atoms with E-state index < -0.39 is 10.0 Å². The molecule has 3 N–H and O–H groups in total. The normalized spacial score (nSPS) is 11.2. The molecular formula is C18H21ClN2O4S. The van der Waals surface area contributed by atoms with E-state index >= 15 is 0 Å². The number of nitrogens with two attached hydrogens (primary N) is 1. The van der Waals surface area contributed by atoms with Crippen molar-refractivity contribution in [3.05, 3.63) is 52.5 Å². The molecule has 2 rings (SSSR count). The molecule has 0 fully saturated rings. The van der Waals surface area contributed by atoms with E-state index in [4.69, 9.17) is 21.5 Å². The van der Waals surface area contributed by atoms with Crippen molar-refractivity contribution in [1.82, 2.24) is 0 Å². The van der Waals surface area contributed by atoms with Crippen molar-refractivity contribution in [3.8, 4) is 5.75 Å². The van der Waals surface area contributed by atoms with Crippen LogP contribution in [-0.4, -0.2) is 20.9 Å². The lowest BCUT2D eigenvalue weighted by Crippen LogP contribution is -2.16. The number of rotatable bonds is 7. The zero-order valence-electron chi connectivity index (χ0n) is 14.6. The van der Waals surface area contributed by atoms with Gasteiger partial charge in [0.05, 0.1) is 11.5 Å². The van der Waals surface area contributed by atoms with Crippen LogP contribution in [0.15, 0.2) is 41.3 Å². The lowest BCUT2D eigenvalue weighted by Gasteiger charge is -2.10. The summed E-state index contributed by atoms with van der Waals surface area (Å²) in [6.45, 7) is 3.92. The summed E-state index contributed by atoms with van der Waals surface area (Å²) in [7, 11) is -3.83. The smallest absolute Gasteiger partial charge is 0.238 e. The minimum atomic E-state index is -3.83. The number of benzene rings is 2. The first-order chi connectivity index (χ1) is 12.2. The Bertz CT molecular complexity index is 913. The van der Waals surface area contributed by atoms with Crippen LogP contribution in [0.25, 0.3) is 0 Å². The largest absolute Gasteiger partial charge is 0.493 e. The van der Waals surface area contributed by atoms with Crippen molar-refractivity contribution < 1.29 is 17.9 Å². The van der Waals surface area contributed by atoms with Gasteiger partial charge >= 0.3 is 0 Å². The number of hydrogen-bond acceptors (Lipinski definition) is 4. The molecule has 0 heterocycles. The van der Waals surface area contributed by atoms with Crippen LogP contribution in [0.4, 0.5) is 5.69 Å². The van der Waals surface area contributed by atoms with E-state index in [9.17, 15) is 13.2 Å². The van der Waals surface area contributed by atoms with Gasteiger partial charge in [0.15, 0.2) is 0 Å². The maximum atomic E-state index is 12.0. The molecule has 0 aromatic heterocycles. The summed E-state index contributed by atoms with van der Waals surface area (Å²) in [6.07, 6.45) is 0.757. The quantitative estimate of drug-likeness (QED) is 0.700. The van der Waals surface area contributed by atoms with Crippen LogP contribution in [0, 0.1) is 13.8 Å². The Morgan fingerprint density at radius 2 is 1.88 bits per heavy atom. The number of halogens is 1. The zero-order valence-corrected chi connectivity index (χ0v) is 16.2. The van der Waals surface area contributed by atoms with E-state index in [1.165, 1.54) is 6.07 Å². The number of carbonyl (C=O) groups is 1. The van der Waals surface area contributed by atoms with Crippen LogP contribution in [-0.2, 0) is 14.8 Å². The standard InChI is InChI=1S/C18H21ClN2O4S/c1-12-5-7-15(11-17(12)26(20,23)24)21-18(22)4-3-9-25-16-8-6-14(19)10-13(16)2/h5-8,10-11H,3-4,9H2,1-2H3,(H,21,22)(H2,20,23,24). The highest BCUT2D eigenvalue weighted by atomic mass is 35.5. The number of hydrogen-bond donors (Lipinski definition) is 2. The van der Waals surface area contributed by atoms with E-state index in [2.05, 4.69) is 5.32 Å². The third-order valence-corrected chi connectivity index (χ3v) is 5.01. The molecule has 0 radical (unpaired) electrons. The summed E-state index contributed by atoms with van der Waals surface area (Å²) >= 11 is 5.89. The number of aryl methyl sites for hydroxylation is 2. The van der Waals surface area contributed by atoms with Gasteiger partial charge in [-0.25, -0.2) is 13.6 Å². The molecule has 6 nitrogen and oxygen atoms in total. The number of anilines is 1. The Kier molecular flexibility index (Phi) is 6.63. The molecule has 0 aliphatic carbocycles. The second kappa shape index (κ2) is 8.53. The fraction of sp³-hybridized carbons (Fsp3) is 0.278. The van der Waals surface area contributed by atoms with Crippen LogP contribution >= 0.6 is 11.6 Å². The summed E-state index contributed by atoms with van der Waals surface area (Å²) in [6, 6.07) is 9.94. The minimum absolute atomic E-state index is 0.00292. The maximum absolute atomic E-state index is 12.0. The van der Waals surface area contributed by atoms with Gasteiger partial charge in [-0.3, -0.25) is 4.79 Å². The molecule has 26 heavy (non-hydrogen) atoms. The Balaban J connectivity index is 1.86. The first kappa shape index (κ1) is 20.2. The SMILES string of the molecule is Cc1cc(Cl)ccc1OCCCC(=O)Nc1ccc(C)c(S(N)(=O)=O)c1. The van der Waals surface area contributed by atoms with Crippen molar-refractivity contribution in [1.29, 1.82) is 0 Å². The van der Waals surface area contributed by atoms with Crippen molar-refractivity contribution in [2.75, 3.05) is 11.9 Å². The monoisotopic (exact) mass is 396 g/mol. The summed E-state index contributed by atoms with van der Waals surface area (Å²) in [5, 5.41) is 8.48. The maximum Gasteiger partial charge on any atom is 0.238 e. The number of amides is 1. The van der Waals surface area contributed by atoms with Crippen molar-refractivity contribution in [2.24, 2.45) is 5.14 Å². The molecular weight excluding hydrogens is 376 g/mol. The molecule has 0 atom stereocenters. The molecule has 0 saturated carbocycles. The van der Waals surface area contributed by atoms with E-state index in [0.29, 0.717) is 29.3 Å². The third kappa shape index (κ3) is 5.72. The zero-order chi connectivity index (χ0) is 19.3. The van der Waals surface area contributed by atoms with Crippen LogP contribution in [0.1, 0.15) is 24.0 Å². The van der Waals surface area contributed by atoms with Gasteiger partial charge in [0, 0.05) is 17.1 Å². The molecule has 0 aliphatic rings. The van der Waals surface area contributed by atoms with Gasteiger partial charge in [0.2, 0.25) is 15.9 Å². The number of carbonyl (C=O) groups excluding carboxylic acids is 1. The lowest BCUT2D eigenvalue weighted by molar-refractivity contribution is -0.116. The second-order valence-corrected chi connectivity index (χ2v) is 7.90. The second-order valence-electron chi connectivity index (χ2n) is 5.94. The fourth-order valence-corrected chi connectivity index (χ4v) is 3.43. The third-order valence-electron chi connectivity index (χ3n) is 3.72. The predicted octanol–water partition coefficient (Wildman–Crippen LogP) is 3.40. The summed E-state index contributed by atoms with van der Waals surface area (Å²) in [4.78, 5) is 12.0. The Labute approximate surface area is 158 Å². The van der Waals surface area contributed by atoms with Crippen LogP contribution in [0.3, 0.4) is 0 Å². The molecule has 2 aromatic carbocycles. The molecule has 0 spiro atoms. The molecule has 140 valence electrons. The number of ether oxygens (including phenoxy) is 1. The molecule has 1 amide bonds. The Morgan fingerprint density at radius 1 is 1.15 bits per heavy atom. The molecule has 0 unspecified atom stereocenters. The Hall–Kier alpha value is -2.09. The van der Waals surface area contributed by atoms with Crippen molar-refractivity contribution >= 4 is 33.2 Å². The lowest BCUT2D eigenvalue weighted by atomic mass is 10.2. The van der Waals surface area contributed by atoms with Gasteiger partial charge in [0.25, 0.3) is 0 Å². The van der Waals surface area contributed by atoms with Crippen molar-refractivity contribution in [3.63, 3.8) is 0 Å². The average molecular weight is 397 g/mol. The summed E-state index contributed by atoms with van der Waals surface area (Å²) < 4.78 is 28.7. The van der Waals surface area contributed by atoms with Gasteiger partial charge in [-0.1, -0.05) is 17.7 Å². The molecule has 0 bridgehead atoms. The van der Waals surface area contributed by atoms with Gasteiger partial charge < -0.3 is 10.1 Å². The van der Waals surface area contributed by atoms with Crippen LogP contribution < -0.4 is 15.2 Å². The van der Waals surface area contributed by atoms with Gasteiger partial charge in [-0.2, -0.15) is 0 Å². The van der Waals surface area contributed by atoms with E-state index in [0.717, 1.165) is 11.3 Å². The summed E-state index contributed by atoms with van der Waals surface area (Å²) in [5.41, 5.74) is 1.84. The van der Waals surface area contributed by atoms with Gasteiger partial charge in [-0.05, 0) is 61.7 Å². The van der Waals surface area contributed by atoms with Gasteiger partial charge in [-0.15, -0.1) is 0 Å². The number of primary sulfonamides is 1. The average Bonchev–Trinajstić information content (AvgIpc) is 2.54. The first-order valence-corrected chi connectivity index (χ1v) is 9.91. The first-order valence-electron chi connectivity index (χ1n) is 7.99. The van der Waals surface area contributed by atoms with E-state index in [1.54, 1.807) is 31.2 Å². The van der Waals surface area contributed by atoms with Crippen LogP contribution in [0.2, 0.25) is 5.02 Å². The molecule has 8 heteroatoms. The van der Waals surface area contributed by atoms with Crippen molar-refractivity contribution in [2.45, 2.75) is 31.6 Å². The molecule has 2 aromatic rings. The number of nitrogens with one attached hydrogen (secondary N) is 1. The topological polar surface area (TPSA) is 98.5 Å².